The van der Waals surface area contributed by atoms with Gasteiger partial charge in [0.25, 0.3) is 0 Å². The second-order valence-corrected chi connectivity index (χ2v) is 7.87. The van der Waals surface area contributed by atoms with E-state index < -0.39 is 0 Å². The first-order valence-corrected chi connectivity index (χ1v) is 9.45. The quantitative estimate of drug-likeness (QED) is 0.529. The smallest absolute Gasteiger partial charge is 0.222 e. The van der Waals surface area contributed by atoms with Crippen LogP contribution in [0.3, 0.4) is 0 Å². The molecule has 0 spiro atoms. The van der Waals surface area contributed by atoms with Crippen molar-refractivity contribution in [3.63, 3.8) is 0 Å². The van der Waals surface area contributed by atoms with Gasteiger partial charge in [0, 0.05) is 43.9 Å². The average molecular weight is 329 g/mol. The van der Waals surface area contributed by atoms with E-state index in [4.69, 9.17) is 0 Å². The lowest BCUT2D eigenvalue weighted by atomic mass is 10.1. The van der Waals surface area contributed by atoms with Gasteiger partial charge in [-0.2, -0.15) is 11.8 Å². The predicted molar refractivity (Wildman–Crippen MR) is 96.6 cm³/mol. The van der Waals surface area contributed by atoms with Crippen molar-refractivity contribution in [1.82, 2.24) is 15.5 Å². The fourth-order valence-corrected chi connectivity index (χ4v) is 2.80. The molecule has 128 valence electrons. The Bertz CT molecular complexity index is 384. The number of rotatable bonds is 8. The van der Waals surface area contributed by atoms with Crippen LogP contribution in [0.5, 0.6) is 0 Å². The molecule has 0 bridgehead atoms. The summed E-state index contributed by atoms with van der Waals surface area (Å²) < 4.78 is 0.186. The zero-order valence-corrected chi connectivity index (χ0v) is 15.6. The minimum Gasteiger partial charge on any atom is -0.356 e. The minimum atomic E-state index is 0.186. The van der Waals surface area contributed by atoms with Crippen LogP contribution in [-0.4, -0.2) is 60.5 Å². The van der Waals surface area contributed by atoms with Crippen molar-refractivity contribution in [3.8, 4) is 0 Å². The standard InChI is InChI=1S/C16H32N4OS/c1-6-13(20-11-7-8-14(20)21)9-10-18-15(17-4)19-12-16(2,3)22-5/h13H,6-12H2,1-5H3,(H2,17,18,19). The molecule has 1 aliphatic rings. The van der Waals surface area contributed by atoms with Gasteiger partial charge in [-0.25, -0.2) is 0 Å². The third kappa shape index (κ3) is 6.07. The predicted octanol–water partition coefficient (Wildman–Crippen LogP) is 2.08. The van der Waals surface area contributed by atoms with Crippen LogP contribution >= 0.6 is 11.8 Å². The molecular weight excluding hydrogens is 296 g/mol. The molecule has 1 fully saturated rings. The Hall–Kier alpha value is -0.910. The summed E-state index contributed by atoms with van der Waals surface area (Å²) in [6.45, 7) is 9.21. The Morgan fingerprint density at radius 2 is 2.18 bits per heavy atom. The zero-order valence-electron chi connectivity index (χ0n) is 14.7. The summed E-state index contributed by atoms with van der Waals surface area (Å²) in [6, 6.07) is 0.350. The third-order valence-corrected chi connectivity index (χ3v) is 5.50. The molecule has 1 rings (SSSR count). The van der Waals surface area contributed by atoms with Gasteiger partial charge in [0.05, 0.1) is 0 Å². The SMILES string of the molecule is CCC(CCNC(=NC)NCC(C)(C)SC)N1CCCC1=O. The lowest BCUT2D eigenvalue weighted by Crippen LogP contribution is -2.45. The first-order chi connectivity index (χ1) is 10.4. The number of hydrogen-bond acceptors (Lipinski definition) is 3. The van der Waals surface area contributed by atoms with Crippen LogP contribution in [0.1, 0.15) is 46.5 Å². The number of nitrogens with one attached hydrogen (secondary N) is 2. The molecule has 22 heavy (non-hydrogen) atoms. The molecular formula is C16H32N4OS. The van der Waals surface area contributed by atoms with Crippen molar-refractivity contribution in [3.05, 3.63) is 0 Å². The number of thioether (sulfide) groups is 1. The normalized spacial score (nSPS) is 17.8. The van der Waals surface area contributed by atoms with Gasteiger partial charge in [-0.1, -0.05) is 6.92 Å². The number of carbonyl (C=O) groups is 1. The number of nitrogens with zero attached hydrogens (tertiary/aromatic N) is 2. The van der Waals surface area contributed by atoms with Crippen LogP contribution in [0.4, 0.5) is 0 Å². The maximum Gasteiger partial charge on any atom is 0.222 e. The summed E-state index contributed by atoms with van der Waals surface area (Å²) in [5.41, 5.74) is 0. The number of amides is 1. The van der Waals surface area contributed by atoms with Crippen LogP contribution in [-0.2, 0) is 4.79 Å². The van der Waals surface area contributed by atoms with Gasteiger partial charge in [0.15, 0.2) is 5.96 Å². The highest BCUT2D eigenvalue weighted by Crippen LogP contribution is 2.19. The maximum absolute atomic E-state index is 11.8. The van der Waals surface area contributed by atoms with Gasteiger partial charge in [-0.05, 0) is 39.4 Å². The van der Waals surface area contributed by atoms with Crippen molar-refractivity contribution in [1.29, 1.82) is 0 Å². The van der Waals surface area contributed by atoms with Crippen molar-refractivity contribution in [2.24, 2.45) is 4.99 Å². The Labute approximate surface area is 139 Å². The summed E-state index contributed by atoms with van der Waals surface area (Å²) in [6.07, 6.45) is 5.83. The maximum atomic E-state index is 11.8. The molecule has 1 amide bonds. The highest BCUT2D eigenvalue weighted by Gasteiger charge is 2.26. The van der Waals surface area contributed by atoms with Crippen LogP contribution in [0.25, 0.3) is 0 Å². The number of aliphatic imine (C=N–C) groups is 1. The number of hydrogen-bond donors (Lipinski definition) is 2. The van der Waals surface area contributed by atoms with Gasteiger partial charge >= 0.3 is 0 Å². The second kappa shape index (κ2) is 9.28. The van der Waals surface area contributed by atoms with Crippen molar-refractivity contribution in [2.75, 3.05) is 32.9 Å². The fraction of sp³-hybridized carbons (Fsp3) is 0.875. The van der Waals surface area contributed by atoms with E-state index in [0.29, 0.717) is 11.9 Å². The molecule has 6 heteroatoms. The molecule has 1 saturated heterocycles. The highest BCUT2D eigenvalue weighted by molar-refractivity contribution is 7.99. The number of likely N-dealkylation sites (tertiary alicyclic amines) is 1. The van der Waals surface area contributed by atoms with Crippen LogP contribution < -0.4 is 10.6 Å². The summed E-state index contributed by atoms with van der Waals surface area (Å²) in [7, 11) is 1.79. The van der Waals surface area contributed by atoms with Gasteiger partial charge < -0.3 is 15.5 Å². The lowest BCUT2D eigenvalue weighted by molar-refractivity contribution is -0.129. The van der Waals surface area contributed by atoms with Gasteiger partial charge in [0.2, 0.25) is 5.91 Å². The van der Waals surface area contributed by atoms with E-state index in [1.807, 2.05) is 11.8 Å². The Morgan fingerprint density at radius 1 is 1.45 bits per heavy atom. The van der Waals surface area contributed by atoms with Gasteiger partial charge in [-0.15, -0.1) is 0 Å². The van der Waals surface area contributed by atoms with Gasteiger partial charge in [-0.3, -0.25) is 9.79 Å². The molecule has 1 unspecified atom stereocenters. The number of carbonyl (C=O) groups excluding carboxylic acids is 1. The Morgan fingerprint density at radius 3 is 2.68 bits per heavy atom. The monoisotopic (exact) mass is 328 g/mol. The van der Waals surface area contributed by atoms with E-state index in [9.17, 15) is 4.79 Å². The Kier molecular flexibility index (Phi) is 8.07. The molecule has 0 aromatic heterocycles. The van der Waals surface area contributed by atoms with E-state index in [2.05, 4.69) is 47.6 Å². The van der Waals surface area contributed by atoms with Gasteiger partial charge in [0.1, 0.15) is 0 Å². The van der Waals surface area contributed by atoms with Crippen LogP contribution in [0.15, 0.2) is 4.99 Å². The second-order valence-electron chi connectivity index (χ2n) is 6.36. The highest BCUT2D eigenvalue weighted by atomic mass is 32.2. The largest absolute Gasteiger partial charge is 0.356 e. The van der Waals surface area contributed by atoms with E-state index >= 15 is 0 Å². The average Bonchev–Trinajstić information content (AvgIpc) is 2.93. The molecule has 2 N–H and O–H groups in total. The molecule has 0 radical (unpaired) electrons. The molecule has 1 heterocycles. The zero-order chi connectivity index (χ0) is 16.6. The number of guanidine groups is 1. The summed E-state index contributed by atoms with van der Waals surface area (Å²) in [4.78, 5) is 18.2. The molecule has 5 nitrogen and oxygen atoms in total. The molecule has 0 aromatic carbocycles. The topological polar surface area (TPSA) is 56.7 Å². The summed E-state index contributed by atoms with van der Waals surface area (Å²) >= 11 is 1.84. The minimum absolute atomic E-state index is 0.186. The van der Waals surface area contributed by atoms with E-state index in [-0.39, 0.29) is 4.75 Å². The molecule has 0 aliphatic carbocycles. The third-order valence-electron chi connectivity index (χ3n) is 4.25. The molecule has 1 atom stereocenters. The fourth-order valence-electron chi connectivity index (χ4n) is 2.58. The molecule has 0 aromatic rings. The van der Waals surface area contributed by atoms with E-state index in [1.54, 1.807) is 7.05 Å². The first kappa shape index (κ1) is 19.1. The van der Waals surface area contributed by atoms with E-state index in [0.717, 1.165) is 51.3 Å². The lowest BCUT2D eigenvalue weighted by Gasteiger charge is -2.27. The van der Waals surface area contributed by atoms with Crippen molar-refractivity contribution in [2.45, 2.75) is 57.2 Å². The molecule has 1 aliphatic heterocycles. The first-order valence-electron chi connectivity index (χ1n) is 8.22. The summed E-state index contributed by atoms with van der Waals surface area (Å²) in [5.74, 6) is 1.15. The molecule has 0 saturated carbocycles. The van der Waals surface area contributed by atoms with Crippen molar-refractivity contribution >= 4 is 23.6 Å². The van der Waals surface area contributed by atoms with Crippen LogP contribution in [0.2, 0.25) is 0 Å². The van der Waals surface area contributed by atoms with Crippen molar-refractivity contribution < 1.29 is 4.79 Å². The summed E-state index contributed by atoms with van der Waals surface area (Å²) in [5, 5.41) is 6.73. The Balaban J connectivity index is 2.35. The van der Waals surface area contributed by atoms with Crippen LogP contribution in [0, 0.1) is 0 Å². The van der Waals surface area contributed by atoms with E-state index in [1.165, 1.54) is 0 Å².